The summed E-state index contributed by atoms with van der Waals surface area (Å²) in [5.74, 6) is 1.29. The minimum absolute atomic E-state index is 0.0147. The zero-order valence-electron chi connectivity index (χ0n) is 17.3. The SMILES string of the molecule is COCCOc1cc(C(=O)C(C)(C)C)cc(OCCOC)c1OCCOC. The Hall–Kier alpha value is -1.83. The molecule has 0 bridgehead atoms. The Balaban J connectivity index is 3.27. The first-order chi connectivity index (χ1) is 12.8. The van der Waals surface area contributed by atoms with Gasteiger partial charge in [0.05, 0.1) is 19.8 Å². The van der Waals surface area contributed by atoms with E-state index in [4.69, 9.17) is 28.4 Å². The molecular weight excluding hydrogens is 352 g/mol. The summed E-state index contributed by atoms with van der Waals surface area (Å²) in [5.41, 5.74) is -0.0344. The zero-order valence-corrected chi connectivity index (χ0v) is 17.3. The molecule has 0 aliphatic heterocycles. The monoisotopic (exact) mass is 384 g/mol. The molecular formula is C20H32O7. The van der Waals surface area contributed by atoms with Crippen molar-refractivity contribution < 1.29 is 33.2 Å². The van der Waals surface area contributed by atoms with E-state index < -0.39 is 5.41 Å². The van der Waals surface area contributed by atoms with Crippen LogP contribution < -0.4 is 14.2 Å². The maximum atomic E-state index is 12.8. The van der Waals surface area contributed by atoms with Crippen molar-refractivity contribution in [3.63, 3.8) is 0 Å². The Morgan fingerprint density at radius 3 is 1.52 bits per heavy atom. The summed E-state index contributed by atoms with van der Waals surface area (Å²) in [6.45, 7) is 7.81. The number of Topliss-reactive ketones (excluding diaryl/α,β-unsaturated/α-hetero) is 1. The number of hydrogen-bond donors (Lipinski definition) is 0. The van der Waals surface area contributed by atoms with Crippen molar-refractivity contribution in [3.8, 4) is 17.2 Å². The van der Waals surface area contributed by atoms with Crippen LogP contribution in [0.4, 0.5) is 0 Å². The van der Waals surface area contributed by atoms with Gasteiger partial charge in [-0.3, -0.25) is 4.79 Å². The lowest BCUT2D eigenvalue weighted by Gasteiger charge is -2.21. The topological polar surface area (TPSA) is 72.5 Å². The number of hydrogen-bond acceptors (Lipinski definition) is 7. The molecule has 154 valence electrons. The third-order valence-electron chi connectivity index (χ3n) is 3.59. The second-order valence-electron chi connectivity index (χ2n) is 6.90. The van der Waals surface area contributed by atoms with Crippen LogP contribution in [0.5, 0.6) is 17.2 Å². The molecule has 0 radical (unpaired) electrons. The van der Waals surface area contributed by atoms with Crippen molar-refractivity contribution in [1.82, 2.24) is 0 Å². The molecule has 0 aliphatic carbocycles. The third-order valence-corrected chi connectivity index (χ3v) is 3.59. The fourth-order valence-electron chi connectivity index (χ4n) is 2.19. The molecule has 0 amide bonds. The fraction of sp³-hybridized carbons (Fsp3) is 0.650. The zero-order chi connectivity index (χ0) is 20.3. The molecule has 0 N–H and O–H groups in total. The van der Waals surface area contributed by atoms with E-state index in [9.17, 15) is 4.79 Å². The average molecular weight is 384 g/mol. The fourth-order valence-corrected chi connectivity index (χ4v) is 2.19. The maximum Gasteiger partial charge on any atom is 0.203 e. The molecule has 0 heterocycles. The standard InChI is InChI=1S/C20H32O7/c1-20(2,3)19(21)15-13-16(25-10-7-22-4)18(27-12-9-24-6)17(14-15)26-11-8-23-5/h13-14H,7-12H2,1-6H3. The van der Waals surface area contributed by atoms with Gasteiger partial charge in [-0.15, -0.1) is 0 Å². The summed E-state index contributed by atoms with van der Waals surface area (Å²) in [5, 5.41) is 0. The maximum absolute atomic E-state index is 12.8. The Labute approximate surface area is 161 Å². The normalized spacial score (nSPS) is 11.3. The molecule has 0 unspecified atom stereocenters. The number of methoxy groups -OCH3 is 3. The van der Waals surface area contributed by atoms with Crippen molar-refractivity contribution in [2.45, 2.75) is 20.8 Å². The van der Waals surface area contributed by atoms with Crippen molar-refractivity contribution in [1.29, 1.82) is 0 Å². The van der Waals surface area contributed by atoms with E-state index in [1.807, 2.05) is 20.8 Å². The first-order valence-electron chi connectivity index (χ1n) is 8.93. The van der Waals surface area contributed by atoms with Gasteiger partial charge in [-0.2, -0.15) is 0 Å². The Morgan fingerprint density at radius 1 is 0.741 bits per heavy atom. The van der Waals surface area contributed by atoms with Gasteiger partial charge in [-0.05, 0) is 12.1 Å². The first kappa shape index (κ1) is 23.2. The second kappa shape index (κ2) is 11.8. The number of carbonyl (C=O) groups is 1. The van der Waals surface area contributed by atoms with Crippen LogP contribution in [0.1, 0.15) is 31.1 Å². The summed E-state index contributed by atoms with van der Waals surface area (Å²) in [6, 6.07) is 3.38. The van der Waals surface area contributed by atoms with Gasteiger partial charge in [0.2, 0.25) is 5.75 Å². The average Bonchev–Trinajstić information content (AvgIpc) is 2.62. The van der Waals surface area contributed by atoms with Crippen LogP contribution in [0.15, 0.2) is 12.1 Å². The van der Waals surface area contributed by atoms with Crippen LogP contribution in [0.3, 0.4) is 0 Å². The minimum Gasteiger partial charge on any atom is -0.487 e. The number of ketones is 1. The van der Waals surface area contributed by atoms with Crippen LogP contribution in [0.25, 0.3) is 0 Å². The predicted molar refractivity (Wildman–Crippen MR) is 102 cm³/mol. The lowest BCUT2D eigenvalue weighted by molar-refractivity contribution is 0.0856. The first-order valence-corrected chi connectivity index (χ1v) is 8.93. The lowest BCUT2D eigenvalue weighted by Crippen LogP contribution is -2.21. The molecule has 7 heteroatoms. The van der Waals surface area contributed by atoms with E-state index >= 15 is 0 Å². The van der Waals surface area contributed by atoms with Gasteiger partial charge in [-0.25, -0.2) is 0 Å². The van der Waals surface area contributed by atoms with Gasteiger partial charge in [-0.1, -0.05) is 20.8 Å². The minimum atomic E-state index is -0.536. The van der Waals surface area contributed by atoms with Gasteiger partial charge >= 0.3 is 0 Å². The molecule has 1 aromatic rings. The number of ether oxygens (including phenoxy) is 6. The van der Waals surface area contributed by atoms with E-state index in [2.05, 4.69) is 0 Å². The van der Waals surface area contributed by atoms with Crippen LogP contribution >= 0.6 is 0 Å². The molecule has 27 heavy (non-hydrogen) atoms. The van der Waals surface area contributed by atoms with Gasteiger partial charge in [0.25, 0.3) is 0 Å². The quantitative estimate of drug-likeness (QED) is 0.382. The van der Waals surface area contributed by atoms with E-state index in [-0.39, 0.29) is 5.78 Å². The highest BCUT2D eigenvalue weighted by Crippen LogP contribution is 2.40. The van der Waals surface area contributed by atoms with Crippen LogP contribution in [-0.2, 0) is 14.2 Å². The molecule has 7 nitrogen and oxygen atoms in total. The van der Waals surface area contributed by atoms with Crippen LogP contribution in [-0.4, -0.2) is 66.8 Å². The Kier molecular flexibility index (Phi) is 10.1. The summed E-state index contributed by atoms with van der Waals surface area (Å²) in [4.78, 5) is 12.8. The summed E-state index contributed by atoms with van der Waals surface area (Å²) < 4.78 is 32.6. The highest BCUT2D eigenvalue weighted by atomic mass is 16.6. The summed E-state index contributed by atoms with van der Waals surface area (Å²) in [7, 11) is 4.79. The smallest absolute Gasteiger partial charge is 0.203 e. The molecule has 0 aromatic heterocycles. The molecule has 0 saturated heterocycles. The van der Waals surface area contributed by atoms with E-state index in [1.165, 1.54) is 0 Å². The molecule has 1 rings (SSSR count). The number of carbonyl (C=O) groups excluding carboxylic acids is 1. The van der Waals surface area contributed by atoms with Gasteiger partial charge in [0.15, 0.2) is 17.3 Å². The second-order valence-corrected chi connectivity index (χ2v) is 6.90. The highest BCUT2D eigenvalue weighted by Gasteiger charge is 2.26. The molecule has 0 aliphatic rings. The highest BCUT2D eigenvalue weighted by molar-refractivity contribution is 6.00. The molecule has 0 spiro atoms. The molecule has 0 atom stereocenters. The predicted octanol–water partition coefficient (Wildman–Crippen LogP) is 2.99. The van der Waals surface area contributed by atoms with E-state index in [0.717, 1.165) is 0 Å². The largest absolute Gasteiger partial charge is 0.487 e. The van der Waals surface area contributed by atoms with Crippen molar-refractivity contribution >= 4 is 5.78 Å². The lowest BCUT2D eigenvalue weighted by atomic mass is 9.86. The molecule has 0 fully saturated rings. The Bertz CT molecular complexity index is 547. The summed E-state index contributed by atoms with van der Waals surface area (Å²) in [6.07, 6.45) is 0. The van der Waals surface area contributed by atoms with E-state index in [0.29, 0.717) is 62.5 Å². The third kappa shape index (κ3) is 7.74. The van der Waals surface area contributed by atoms with Crippen molar-refractivity contribution in [2.24, 2.45) is 5.41 Å². The number of benzene rings is 1. The van der Waals surface area contributed by atoms with Crippen LogP contribution in [0.2, 0.25) is 0 Å². The molecule has 1 aromatic carbocycles. The molecule has 0 saturated carbocycles. The summed E-state index contributed by atoms with van der Waals surface area (Å²) >= 11 is 0. The number of rotatable bonds is 13. The van der Waals surface area contributed by atoms with Gasteiger partial charge in [0.1, 0.15) is 19.8 Å². The van der Waals surface area contributed by atoms with E-state index in [1.54, 1.807) is 33.5 Å². The van der Waals surface area contributed by atoms with Crippen LogP contribution in [0, 0.1) is 5.41 Å². The van der Waals surface area contributed by atoms with Gasteiger partial charge < -0.3 is 28.4 Å². The Morgan fingerprint density at radius 2 is 1.15 bits per heavy atom. The van der Waals surface area contributed by atoms with Crippen molar-refractivity contribution in [2.75, 3.05) is 61.0 Å². The van der Waals surface area contributed by atoms with Crippen molar-refractivity contribution in [3.05, 3.63) is 17.7 Å². The van der Waals surface area contributed by atoms with Gasteiger partial charge in [0, 0.05) is 32.3 Å².